The molecule has 0 radical (unpaired) electrons. The zero-order valence-electron chi connectivity index (χ0n) is 10.4. The van der Waals surface area contributed by atoms with Crippen LogP contribution in [0.15, 0.2) is 0 Å². The van der Waals surface area contributed by atoms with Crippen molar-refractivity contribution in [2.45, 2.75) is 51.9 Å². The summed E-state index contributed by atoms with van der Waals surface area (Å²) in [5, 5.41) is 0. The molecule has 0 aliphatic heterocycles. The van der Waals surface area contributed by atoms with E-state index in [4.69, 9.17) is 6.42 Å². The molecule has 0 unspecified atom stereocenters. The van der Waals surface area contributed by atoms with Gasteiger partial charge >= 0.3 is 0 Å². The molecule has 0 aromatic rings. The Kier molecular flexibility index (Phi) is 6.00. The van der Waals surface area contributed by atoms with Gasteiger partial charge in [-0.2, -0.15) is 0 Å². The molecule has 1 amide bonds. The molecule has 2 heteroatoms. The molecule has 0 N–H and O–H groups in total. The molecule has 0 spiro atoms. The van der Waals surface area contributed by atoms with E-state index in [1.54, 1.807) is 0 Å². The number of carbonyl (C=O) groups excluding carboxylic acids is 1. The van der Waals surface area contributed by atoms with E-state index in [-0.39, 0.29) is 5.92 Å². The highest BCUT2D eigenvalue weighted by Gasteiger charge is 2.23. The lowest BCUT2D eigenvalue weighted by molar-refractivity contribution is -0.135. The van der Waals surface area contributed by atoms with Gasteiger partial charge in [-0.1, -0.05) is 38.5 Å². The maximum atomic E-state index is 12.3. The SMILES string of the molecule is C#CCN(CCC)C(=O)C1CCCCCC1. The van der Waals surface area contributed by atoms with Crippen LogP contribution in [0.4, 0.5) is 0 Å². The Labute approximate surface area is 99.4 Å². The van der Waals surface area contributed by atoms with Crippen LogP contribution in [0.5, 0.6) is 0 Å². The lowest BCUT2D eigenvalue weighted by Crippen LogP contribution is -2.37. The summed E-state index contributed by atoms with van der Waals surface area (Å²) in [5.41, 5.74) is 0. The van der Waals surface area contributed by atoms with Crippen LogP contribution in [0, 0.1) is 18.3 Å². The zero-order chi connectivity index (χ0) is 11.8. The zero-order valence-corrected chi connectivity index (χ0v) is 10.4. The van der Waals surface area contributed by atoms with Gasteiger partial charge in [-0.15, -0.1) is 6.42 Å². The first kappa shape index (κ1) is 13.1. The number of nitrogens with zero attached hydrogens (tertiary/aromatic N) is 1. The first-order valence-electron chi connectivity index (χ1n) is 6.51. The fourth-order valence-corrected chi connectivity index (χ4v) is 2.43. The van der Waals surface area contributed by atoms with Crippen molar-refractivity contribution in [3.8, 4) is 12.3 Å². The van der Waals surface area contributed by atoms with Crippen molar-refractivity contribution in [2.75, 3.05) is 13.1 Å². The number of carbonyl (C=O) groups is 1. The van der Waals surface area contributed by atoms with E-state index in [2.05, 4.69) is 12.8 Å². The molecule has 1 fully saturated rings. The van der Waals surface area contributed by atoms with E-state index in [9.17, 15) is 4.79 Å². The Morgan fingerprint density at radius 3 is 2.44 bits per heavy atom. The highest BCUT2D eigenvalue weighted by atomic mass is 16.2. The van der Waals surface area contributed by atoms with Crippen LogP contribution < -0.4 is 0 Å². The summed E-state index contributed by atoms with van der Waals surface area (Å²) in [6.45, 7) is 3.37. The van der Waals surface area contributed by atoms with Crippen LogP contribution in [0.1, 0.15) is 51.9 Å². The minimum Gasteiger partial charge on any atom is -0.331 e. The van der Waals surface area contributed by atoms with Crippen molar-refractivity contribution >= 4 is 5.91 Å². The van der Waals surface area contributed by atoms with Gasteiger partial charge in [0.25, 0.3) is 0 Å². The molecule has 1 aliphatic rings. The Balaban J connectivity index is 2.54. The largest absolute Gasteiger partial charge is 0.331 e. The second kappa shape index (κ2) is 7.33. The van der Waals surface area contributed by atoms with Gasteiger partial charge in [-0.3, -0.25) is 4.79 Å². The van der Waals surface area contributed by atoms with Crippen molar-refractivity contribution < 1.29 is 4.79 Å². The average molecular weight is 221 g/mol. The van der Waals surface area contributed by atoms with Gasteiger partial charge in [0.15, 0.2) is 0 Å². The third-order valence-corrected chi connectivity index (χ3v) is 3.29. The van der Waals surface area contributed by atoms with Crippen LogP contribution >= 0.6 is 0 Å². The van der Waals surface area contributed by atoms with Crippen LogP contribution in [0.2, 0.25) is 0 Å². The second-order valence-corrected chi connectivity index (χ2v) is 4.65. The Morgan fingerprint density at radius 1 is 1.31 bits per heavy atom. The van der Waals surface area contributed by atoms with E-state index in [0.717, 1.165) is 25.8 Å². The van der Waals surface area contributed by atoms with E-state index >= 15 is 0 Å². The van der Waals surface area contributed by atoms with Crippen molar-refractivity contribution in [3.63, 3.8) is 0 Å². The highest BCUT2D eigenvalue weighted by molar-refractivity contribution is 5.79. The minimum absolute atomic E-state index is 0.238. The van der Waals surface area contributed by atoms with Crippen LogP contribution in [-0.2, 0) is 4.79 Å². The summed E-state index contributed by atoms with van der Waals surface area (Å²) in [4.78, 5) is 14.1. The monoisotopic (exact) mass is 221 g/mol. The molecule has 0 aromatic carbocycles. The fraction of sp³-hybridized carbons (Fsp3) is 0.786. The lowest BCUT2D eigenvalue weighted by atomic mass is 9.98. The maximum absolute atomic E-state index is 12.3. The molecule has 1 rings (SSSR count). The van der Waals surface area contributed by atoms with E-state index < -0.39 is 0 Å². The molecule has 2 nitrogen and oxygen atoms in total. The molecule has 0 bridgehead atoms. The fourth-order valence-electron chi connectivity index (χ4n) is 2.43. The van der Waals surface area contributed by atoms with E-state index in [0.29, 0.717) is 12.5 Å². The number of amides is 1. The second-order valence-electron chi connectivity index (χ2n) is 4.65. The summed E-state index contributed by atoms with van der Waals surface area (Å²) < 4.78 is 0. The summed E-state index contributed by atoms with van der Waals surface area (Å²) in [6, 6.07) is 0. The predicted molar refractivity (Wildman–Crippen MR) is 66.9 cm³/mol. The summed E-state index contributed by atoms with van der Waals surface area (Å²) in [7, 11) is 0. The van der Waals surface area contributed by atoms with Gasteiger partial charge in [0.05, 0.1) is 6.54 Å². The van der Waals surface area contributed by atoms with Gasteiger partial charge < -0.3 is 4.90 Å². The third-order valence-electron chi connectivity index (χ3n) is 3.29. The third kappa shape index (κ3) is 3.89. The highest BCUT2D eigenvalue weighted by Crippen LogP contribution is 2.24. The van der Waals surface area contributed by atoms with Gasteiger partial charge in [0, 0.05) is 12.5 Å². The topological polar surface area (TPSA) is 20.3 Å². The Bertz CT molecular complexity index is 246. The molecule has 1 aliphatic carbocycles. The van der Waals surface area contributed by atoms with Crippen LogP contribution in [0.25, 0.3) is 0 Å². The quantitative estimate of drug-likeness (QED) is 0.528. The van der Waals surface area contributed by atoms with Crippen molar-refractivity contribution in [1.29, 1.82) is 0 Å². The molecule has 0 heterocycles. The van der Waals surface area contributed by atoms with Gasteiger partial charge in [-0.05, 0) is 19.3 Å². The molecule has 0 atom stereocenters. The van der Waals surface area contributed by atoms with E-state index in [1.807, 2.05) is 4.90 Å². The number of hydrogen-bond acceptors (Lipinski definition) is 1. The number of terminal acetylenes is 1. The van der Waals surface area contributed by atoms with Gasteiger partial charge in [-0.25, -0.2) is 0 Å². The maximum Gasteiger partial charge on any atom is 0.226 e. The summed E-state index contributed by atoms with van der Waals surface area (Å²) in [6.07, 6.45) is 13.4. The predicted octanol–water partition coefficient (Wildman–Crippen LogP) is 2.83. The summed E-state index contributed by atoms with van der Waals surface area (Å²) in [5.74, 6) is 3.12. The smallest absolute Gasteiger partial charge is 0.226 e. The van der Waals surface area contributed by atoms with Crippen LogP contribution in [0.3, 0.4) is 0 Å². The lowest BCUT2D eigenvalue weighted by Gasteiger charge is -2.24. The van der Waals surface area contributed by atoms with Crippen molar-refractivity contribution in [2.24, 2.45) is 5.92 Å². The average Bonchev–Trinajstić information content (AvgIpc) is 2.56. The van der Waals surface area contributed by atoms with Gasteiger partial charge in [0.2, 0.25) is 5.91 Å². The van der Waals surface area contributed by atoms with Crippen molar-refractivity contribution in [1.82, 2.24) is 4.90 Å². The minimum atomic E-state index is 0.238. The first-order valence-corrected chi connectivity index (χ1v) is 6.51. The molecule has 1 saturated carbocycles. The molecule has 0 saturated heterocycles. The standard InChI is InChI=1S/C14H23NO/c1-3-11-15(12-4-2)14(16)13-9-7-5-6-8-10-13/h1,13H,4-12H2,2H3. The molecule has 16 heavy (non-hydrogen) atoms. The molecule has 90 valence electrons. The number of rotatable bonds is 4. The summed E-state index contributed by atoms with van der Waals surface area (Å²) >= 11 is 0. The normalized spacial score (nSPS) is 17.5. The molecular formula is C14H23NO. The first-order chi connectivity index (χ1) is 7.79. The Morgan fingerprint density at radius 2 is 1.94 bits per heavy atom. The Hall–Kier alpha value is -0.970. The van der Waals surface area contributed by atoms with E-state index in [1.165, 1.54) is 25.7 Å². The van der Waals surface area contributed by atoms with Crippen LogP contribution in [-0.4, -0.2) is 23.9 Å². The number of hydrogen-bond donors (Lipinski definition) is 0. The van der Waals surface area contributed by atoms with Crippen molar-refractivity contribution in [3.05, 3.63) is 0 Å². The van der Waals surface area contributed by atoms with Gasteiger partial charge in [0.1, 0.15) is 0 Å². The molecular weight excluding hydrogens is 198 g/mol. The molecule has 0 aromatic heterocycles.